The van der Waals surface area contributed by atoms with Crippen LogP contribution in [0.25, 0.3) is 0 Å². The van der Waals surface area contributed by atoms with Crippen LogP contribution in [0.4, 0.5) is 5.69 Å². The molecule has 0 aromatic heterocycles. The van der Waals surface area contributed by atoms with Gasteiger partial charge < -0.3 is 20.2 Å². The van der Waals surface area contributed by atoms with Gasteiger partial charge in [-0.25, -0.2) is 0 Å². The zero-order valence-corrected chi connectivity index (χ0v) is 19.0. The largest absolute Gasteiger partial charge is 0.494 e. The van der Waals surface area contributed by atoms with Crippen molar-refractivity contribution in [2.75, 3.05) is 24.7 Å². The minimum Gasteiger partial charge on any atom is -0.494 e. The summed E-state index contributed by atoms with van der Waals surface area (Å²) in [7, 11) is 0. The minimum atomic E-state index is -0.0163. The van der Waals surface area contributed by atoms with Crippen LogP contribution >= 0.6 is 0 Å². The molecule has 0 aliphatic carbocycles. The molecule has 0 aliphatic heterocycles. The first-order valence-electron chi connectivity index (χ1n) is 11.3. The van der Waals surface area contributed by atoms with Crippen LogP contribution in [0.2, 0.25) is 0 Å². The van der Waals surface area contributed by atoms with Crippen LogP contribution in [0.3, 0.4) is 0 Å². The lowest BCUT2D eigenvalue weighted by molar-refractivity contribution is 0.0988. The molecule has 3 aromatic rings. The van der Waals surface area contributed by atoms with E-state index in [9.17, 15) is 4.79 Å². The average molecular weight is 446 g/mol. The van der Waals surface area contributed by atoms with E-state index in [1.807, 2.05) is 85.8 Å². The van der Waals surface area contributed by atoms with Crippen LogP contribution < -0.4 is 20.2 Å². The van der Waals surface area contributed by atoms with Crippen molar-refractivity contribution >= 4 is 17.8 Å². The third-order valence-electron chi connectivity index (χ3n) is 5.16. The topological polar surface area (TPSA) is 77.2 Å². The van der Waals surface area contributed by atoms with Crippen LogP contribution in [-0.4, -0.2) is 31.9 Å². The van der Waals surface area contributed by atoms with E-state index in [1.54, 1.807) is 11.1 Å². The number of rotatable bonds is 12. The molecule has 0 heterocycles. The zero-order valence-electron chi connectivity index (χ0n) is 19.0. The van der Waals surface area contributed by atoms with Gasteiger partial charge in [0.2, 0.25) is 0 Å². The number of hydrazone groups is 1. The van der Waals surface area contributed by atoms with Crippen molar-refractivity contribution < 1.29 is 14.3 Å². The molecule has 172 valence electrons. The van der Waals surface area contributed by atoms with Gasteiger partial charge in [0.05, 0.1) is 19.4 Å². The molecule has 0 fully saturated rings. The fourth-order valence-electron chi connectivity index (χ4n) is 3.40. The van der Waals surface area contributed by atoms with E-state index < -0.39 is 0 Å². The molecule has 0 aliphatic rings. The maximum absolute atomic E-state index is 12.9. The summed E-state index contributed by atoms with van der Waals surface area (Å²) in [6.45, 7) is 3.88. The number of hydrogen-bond acceptors (Lipinski definition) is 5. The maximum Gasteiger partial charge on any atom is 0.258 e. The molecular formula is C27H31N3O3. The number of anilines is 1. The maximum atomic E-state index is 12.9. The van der Waals surface area contributed by atoms with Crippen molar-refractivity contribution in [3.8, 4) is 11.5 Å². The number of carbonyl (C=O) groups is 1. The molecule has 6 heteroatoms. The Bertz CT molecular complexity index is 1000. The first kappa shape index (κ1) is 23.9. The Balaban J connectivity index is 1.35. The van der Waals surface area contributed by atoms with E-state index in [0.29, 0.717) is 25.3 Å². The number of benzene rings is 3. The number of para-hydroxylation sites is 1. The van der Waals surface area contributed by atoms with Gasteiger partial charge >= 0.3 is 0 Å². The number of amides is 1. The van der Waals surface area contributed by atoms with Crippen LogP contribution in [0, 0.1) is 0 Å². The summed E-state index contributed by atoms with van der Waals surface area (Å²) >= 11 is 0. The van der Waals surface area contributed by atoms with E-state index in [1.165, 1.54) is 0 Å². The van der Waals surface area contributed by atoms with Crippen LogP contribution in [-0.2, 0) is 0 Å². The third-order valence-corrected chi connectivity index (χ3v) is 5.16. The van der Waals surface area contributed by atoms with Crippen LogP contribution in [0.1, 0.15) is 42.1 Å². The number of nitrogens with two attached hydrogens (primary N) is 1. The van der Waals surface area contributed by atoms with E-state index in [0.717, 1.165) is 42.0 Å². The highest BCUT2D eigenvalue weighted by Crippen LogP contribution is 2.19. The highest BCUT2D eigenvalue weighted by molar-refractivity contribution is 6.06. The number of hydrogen-bond donors (Lipinski definition) is 1. The molecule has 3 aromatic carbocycles. The fraction of sp³-hybridized carbons (Fsp3) is 0.259. The molecule has 2 N–H and O–H groups in total. The lowest BCUT2D eigenvalue weighted by atomic mass is 10.1. The summed E-state index contributed by atoms with van der Waals surface area (Å²) in [6.07, 6.45) is 4.50. The van der Waals surface area contributed by atoms with Crippen molar-refractivity contribution in [1.29, 1.82) is 0 Å². The van der Waals surface area contributed by atoms with E-state index >= 15 is 0 Å². The second-order valence-corrected chi connectivity index (χ2v) is 7.51. The van der Waals surface area contributed by atoms with Gasteiger partial charge in [-0.15, -0.1) is 0 Å². The Morgan fingerprint density at radius 1 is 0.848 bits per heavy atom. The van der Waals surface area contributed by atoms with Crippen molar-refractivity contribution in [2.45, 2.75) is 26.2 Å². The molecule has 1 amide bonds. The SMILES string of the molecule is CCN(C(=O)c1ccc(OCCCCCOc2ccc(C=NN)cc2)cc1)c1ccccc1. The highest BCUT2D eigenvalue weighted by atomic mass is 16.5. The van der Waals surface area contributed by atoms with Crippen LogP contribution in [0.5, 0.6) is 11.5 Å². The monoisotopic (exact) mass is 445 g/mol. The van der Waals surface area contributed by atoms with E-state index in [-0.39, 0.29) is 5.91 Å². The molecule has 0 spiro atoms. The first-order valence-corrected chi connectivity index (χ1v) is 11.3. The second kappa shape index (κ2) is 12.9. The molecule has 0 radical (unpaired) electrons. The Morgan fingerprint density at radius 3 is 1.97 bits per heavy atom. The summed E-state index contributed by atoms with van der Waals surface area (Å²) in [6, 6.07) is 24.7. The first-order chi connectivity index (χ1) is 16.2. The van der Waals surface area contributed by atoms with Gasteiger partial charge in [-0.05, 0) is 92.4 Å². The Kier molecular flexibility index (Phi) is 9.33. The molecule has 0 atom stereocenters. The second-order valence-electron chi connectivity index (χ2n) is 7.51. The minimum absolute atomic E-state index is 0.0163. The van der Waals surface area contributed by atoms with Crippen molar-refractivity contribution in [1.82, 2.24) is 0 Å². The van der Waals surface area contributed by atoms with Crippen molar-refractivity contribution in [3.05, 3.63) is 90.0 Å². The zero-order chi connectivity index (χ0) is 23.3. The molecule has 33 heavy (non-hydrogen) atoms. The summed E-state index contributed by atoms with van der Waals surface area (Å²) in [5.41, 5.74) is 2.49. The fourth-order valence-corrected chi connectivity index (χ4v) is 3.40. The normalized spacial score (nSPS) is 10.8. The Labute approximate surface area is 195 Å². The summed E-state index contributed by atoms with van der Waals surface area (Å²) < 4.78 is 11.6. The number of ether oxygens (including phenoxy) is 2. The van der Waals surface area contributed by atoms with E-state index in [2.05, 4.69) is 5.10 Å². The molecule has 6 nitrogen and oxygen atoms in total. The smallest absolute Gasteiger partial charge is 0.258 e. The standard InChI is InChI=1S/C27H31N3O3/c1-2-30(24-9-5-3-6-10-24)27(31)23-13-17-26(18-14-23)33-20-8-4-7-19-32-25-15-11-22(12-16-25)21-29-28/h3,5-6,9-18,21H,2,4,7-8,19-20,28H2,1H3. The Hall–Kier alpha value is -3.80. The van der Waals surface area contributed by atoms with Crippen molar-refractivity contribution in [2.24, 2.45) is 10.9 Å². The Morgan fingerprint density at radius 2 is 1.42 bits per heavy atom. The van der Waals surface area contributed by atoms with Gasteiger partial charge in [-0.2, -0.15) is 5.10 Å². The van der Waals surface area contributed by atoms with Gasteiger partial charge in [-0.1, -0.05) is 18.2 Å². The lowest BCUT2D eigenvalue weighted by Gasteiger charge is -2.21. The average Bonchev–Trinajstić information content (AvgIpc) is 2.86. The predicted molar refractivity (Wildman–Crippen MR) is 133 cm³/mol. The molecule has 0 bridgehead atoms. The van der Waals surface area contributed by atoms with Gasteiger partial charge in [0.25, 0.3) is 5.91 Å². The van der Waals surface area contributed by atoms with Gasteiger partial charge in [0.1, 0.15) is 11.5 Å². The lowest BCUT2D eigenvalue weighted by Crippen LogP contribution is -2.30. The van der Waals surface area contributed by atoms with Gasteiger partial charge in [0, 0.05) is 17.8 Å². The summed E-state index contributed by atoms with van der Waals surface area (Å²) in [5.74, 6) is 6.73. The highest BCUT2D eigenvalue weighted by Gasteiger charge is 2.15. The quantitative estimate of drug-likeness (QED) is 0.178. The number of carbonyl (C=O) groups excluding carboxylic acids is 1. The molecule has 0 saturated heterocycles. The number of nitrogens with zero attached hydrogens (tertiary/aromatic N) is 2. The summed E-state index contributed by atoms with van der Waals surface area (Å²) in [4.78, 5) is 14.6. The van der Waals surface area contributed by atoms with Gasteiger partial charge in [-0.3, -0.25) is 4.79 Å². The molecular weight excluding hydrogens is 414 g/mol. The predicted octanol–water partition coefficient (Wildman–Crippen LogP) is 5.27. The van der Waals surface area contributed by atoms with Crippen molar-refractivity contribution in [3.63, 3.8) is 0 Å². The summed E-state index contributed by atoms with van der Waals surface area (Å²) in [5, 5.41) is 3.50. The van der Waals surface area contributed by atoms with Crippen LogP contribution in [0.15, 0.2) is 84.0 Å². The van der Waals surface area contributed by atoms with E-state index in [4.69, 9.17) is 15.3 Å². The number of unbranched alkanes of at least 4 members (excludes halogenated alkanes) is 2. The van der Waals surface area contributed by atoms with Gasteiger partial charge in [0.15, 0.2) is 0 Å². The molecule has 0 saturated carbocycles. The molecule has 0 unspecified atom stereocenters. The molecule has 3 rings (SSSR count). The third kappa shape index (κ3) is 7.38.